The van der Waals surface area contributed by atoms with E-state index in [1.54, 1.807) is 6.20 Å². The number of nitrogens with one attached hydrogen (secondary N) is 1. The van der Waals surface area contributed by atoms with Gasteiger partial charge in [-0.2, -0.15) is 5.10 Å². The van der Waals surface area contributed by atoms with E-state index in [2.05, 4.69) is 49.5 Å². The van der Waals surface area contributed by atoms with Gasteiger partial charge >= 0.3 is 0 Å². The topological polar surface area (TPSA) is 55.9 Å². The second kappa shape index (κ2) is 6.39. The molecular weight excluding hydrogens is 272 g/mol. The molecule has 4 nitrogen and oxygen atoms in total. The van der Waals surface area contributed by atoms with E-state index in [4.69, 9.17) is 17.4 Å². The van der Waals surface area contributed by atoms with Crippen molar-refractivity contribution in [2.75, 3.05) is 0 Å². The molecular formula is C15H21ClN4. The SMILES string of the molecule is CCCn1ncc(Cl)c1C(NN)c1ccc(C)c(C)c1. The van der Waals surface area contributed by atoms with Crippen LogP contribution < -0.4 is 11.3 Å². The maximum atomic E-state index is 6.30. The number of hydrogen-bond donors (Lipinski definition) is 2. The molecule has 1 atom stereocenters. The summed E-state index contributed by atoms with van der Waals surface area (Å²) in [4.78, 5) is 0. The van der Waals surface area contributed by atoms with E-state index in [1.807, 2.05) is 4.68 Å². The van der Waals surface area contributed by atoms with Crippen molar-refractivity contribution in [2.24, 2.45) is 5.84 Å². The van der Waals surface area contributed by atoms with Crippen LogP contribution in [0.25, 0.3) is 0 Å². The average Bonchev–Trinajstić information content (AvgIpc) is 2.77. The number of benzene rings is 1. The standard InChI is InChI=1S/C15H21ClN4/c1-4-7-20-15(13(16)9-18-20)14(19-17)12-6-5-10(2)11(3)8-12/h5-6,8-9,14,19H,4,7,17H2,1-3H3. The number of aryl methyl sites for hydroxylation is 3. The van der Waals surface area contributed by atoms with Crippen LogP contribution in [0.5, 0.6) is 0 Å². The highest BCUT2D eigenvalue weighted by Gasteiger charge is 2.21. The Labute approximate surface area is 124 Å². The average molecular weight is 293 g/mol. The minimum absolute atomic E-state index is 0.157. The molecule has 0 saturated heterocycles. The number of halogens is 1. The first-order chi connectivity index (χ1) is 9.58. The summed E-state index contributed by atoms with van der Waals surface area (Å²) in [5, 5.41) is 4.97. The van der Waals surface area contributed by atoms with Gasteiger partial charge in [-0.15, -0.1) is 0 Å². The normalized spacial score (nSPS) is 12.7. The maximum Gasteiger partial charge on any atom is 0.0893 e. The second-order valence-corrected chi connectivity index (χ2v) is 5.45. The second-order valence-electron chi connectivity index (χ2n) is 5.04. The molecule has 1 unspecified atom stereocenters. The van der Waals surface area contributed by atoms with E-state index < -0.39 is 0 Å². The molecule has 0 amide bonds. The zero-order chi connectivity index (χ0) is 14.7. The number of rotatable bonds is 5. The smallest absolute Gasteiger partial charge is 0.0893 e. The highest BCUT2D eigenvalue weighted by Crippen LogP contribution is 2.29. The Bertz CT molecular complexity index is 592. The first-order valence-electron chi connectivity index (χ1n) is 6.83. The molecule has 3 N–H and O–H groups in total. The van der Waals surface area contributed by atoms with Crippen LogP contribution >= 0.6 is 11.6 Å². The van der Waals surface area contributed by atoms with Crippen molar-refractivity contribution in [1.29, 1.82) is 0 Å². The zero-order valence-electron chi connectivity index (χ0n) is 12.2. The van der Waals surface area contributed by atoms with Gasteiger partial charge in [-0.3, -0.25) is 10.5 Å². The van der Waals surface area contributed by atoms with Crippen molar-refractivity contribution in [2.45, 2.75) is 39.8 Å². The predicted molar refractivity (Wildman–Crippen MR) is 82.6 cm³/mol. The summed E-state index contributed by atoms with van der Waals surface area (Å²) in [6.45, 7) is 7.13. The number of hydrazine groups is 1. The molecule has 1 aromatic carbocycles. The van der Waals surface area contributed by atoms with Gasteiger partial charge < -0.3 is 0 Å². The summed E-state index contributed by atoms with van der Waals surface area (Å²) in [7, 11) is 0. The largest absolute Gasteiger partial charge is 0.271 e. The quantitative estimate of drug-likeness (QED) is 0.657. The third-order valence-corrected chi connectivity index (χ3v) is 3.86. The van der Waals surface area contributed by atoms with Crippen LogP contribution in [0.15, 0.2) is 24.4 Å². The van der Waals surface area contributed by atoms with Crippen LogP contribution in [0.4, 0.5) is 0 Å². The monoisotopic (exact) mass is 292 g/mol. The third kappa shape index (κ3) is 2.87. The molecule has 0 radical (unpaired) electrons. The number of nitrogens with two attached hydrogens (primary N) is 1. The van der Waals surface area contributed by atoms with Crippen molar-refractivity contribution in [3.8, 4) is 0 Å². The third-order valence-electron chi connectivity index (χ3n) is 3.57. The van der Waals surface area contributed by atoms with Gasteiger partial charge in [0.2, 0.25) is 0 Å². The number of aromatic nitrogens is 2. The van der Waals surface area contributed by atoms with E-state index in [-0.39, 0.29) is 6.04 Å². The molecule has 0 aliphatic rings. The fraction of sp³-hybridized carbons (Fsp3) is 0.400. The molecule has 0 aliphatic carbocycles. The number of nitrogens with zero attached hydrogens (tertiary/aromatic N) is 2. The highest BCUT2D eigenvalue weighted by atomic mass is 35.5. The summed E-state index contributed by atoms with van der Waals surface area (Å²) in [5.41, 5.74) is 7.37. The lowest BCUT2D eigenvalue weighted by Gasteiger charge is -2.19. The molecule has 2 aromatic rings. The molecule has 2 rings (SSSR count). The molecule has 5 heteroatoms. The summed E-state index contributed by atoms with van der Waals surface area (Å²) in [6, 6.07) is 6.16. The van der Waals surface area contributed by atoms with Crippen LogP contribution in [0.3, 0.4) is 0 Å². The van der Waals surface area contributed by atoms with Crippen LogP contribution in [0, 0.1) is 13.8 Å². The Hall–Kier alpha value is -1.36. The lowest BCUT2D eigenvalue weighted by molar-refractivity contribution is 0.521. The Morgan fingerprint density at radius 3 is 2.70 bits per heavy atom. The van der Waals surface area contributed by atoms with Crippen LogP contribution in [-0.4, -0.2) is 9.78 Å². The molecule has 1 heterocycles. The van der Waals surface area contributed by atoms with Gasteiger partial charge in [0.05, 0.1) is 23.0 Å². The van der Waals surface area contributed by atoms with Gasteiger partial charge in [-0.1, -0.05) is 36.7 Å². The van der Waals surface area contributed by atoms with Crippen LogP contribution in [0.2, 0.25) is 5.02 Å². The van der Waals surface area contributed by atoms with Gasteiger partial charge in [0.25, 0.3) is 0 Å². The van der Waals surface area contributed by atoms with E-state index in [0.29, 0.717) is 5.02 Å². The van der Waals surface area contributed by atoms with Gasteiger partial charge in [0, 0.05) is 6.54 Å². The van der Waals surface area contributed by atoms with E-state index in [9.17, 15) is 0 Å². The summed E-state index contributed by atoms with van der Waals surface area (Å²) in [6.07, 6.45) is 2.67. The lowest BCUT2D eigenvalue weighted by atomic mass is 9.99. The summed E-state index contributed by atoms with van der Waals surface area (Å²) >= 11 is 6.30. The van der Waals surface area contributed by atoms with Crippen LogP contribution in [-0.2, 0) is 6.54 Å². The Morgan fingerprint density at radius 2 is 2.10 bits per heavy atom. The molecule has 0 aliphatic heterocycles. The molecule has 0 spiro atoms. The zero-order valence-corrected chi connectivity index (χ0v) is 12.9. The lowest BCUT2D eigenvalue weighted by Crippen LogP contribution is -2.31. The molecule has 20 heavy (non-hydrogen) atoms. The molecule has 0 fully saturated rings. The Morgan fingerprint density at radius 1 is 1.35 bits per heavy atom. The number of hydrogen-bond acceptors (Lipinski definition) is 3. The minimum atomic E-state index is -0.157. The van der Waals surface area contributed by atoms with Gasteiger partial charge in [0.15, 0.2) is 0 Å². The maximum absolute atomic E-state index is 6.30. The highest BCUT2D eigenvalue weighted by molar-refractivity contribution is 6.31. The first-order valence-corrected chi connectivity index (χ1v) is 7.20. The van der Waals surface area contributed by atoms with E-state index in [1.165, 1.54) is 11.1 Å². The van der Waals surface area contributed by atoms with Gasteiger partial charge in [-0.05, 0) is 37.0 Å². The van der Waals surface area contributed by atoms with E-state index in [0.717, 1.165) is 24.2 Å². The fourth-order valence-electron chi connectivity index (χ4n) is 2.33. The van der Waals surface area contributed by atoms with Crippen molar-refractivity contribution >= 4 is 11.6 Å². The predicted octanol–water partition coefficient (Wildman–Crippen LogP) is 3.12. The van der Waals surface area contributed by atoms with E-state index >= 15 is 0 Å². The van der Waals surface area contributed by atoms with Gasteiger partial charge in [-0.25, -0.2) is 5.43 Å². The fourth-order valence-corrected chi connectivity index (χ4v) is 2.58. The summed E-state index contributed by atoms with van der Waals surface area (Å²) in [5.74, 6) is 5.77. The molecule has 108 valence electrons. The first kappa shape index (κ1) is 15.0. The van der Waals surface area contributed by atoms with Crippen molar-refractivity contribution in [3.05, 3.63) is 51.8 Å². The van der Waals surface area contributed by atoms with Gasteiger partial charge in [0.1, 0.15) is 0 Å². The molecule has 0 bridgehead atoms. The van der Waals surface area contributed by atoms with Crippen molar-refractivity contribution in [3.63, 3.8) is 0 Å². The Kier molecular flexibility index (Phi) is 4.81. The molecule has 1 aromatic heterocycles. The Balaban J connectivity index is 2.46. The van der Waals surface area contributed by atoms with Crippen molar-refractivity contribution < 1.29 is 0 Å². The van der Waals surface area contributed by atoms with Crippen LogP contribution in [0.1, 0.15) is 41.8 Å². The summed E-state index contributed by atoms with van der Waals surface area (Å²) < 4.78 is 1.92. The molecule has 0 saturated carbocycles. The van der Waals surface area contributed by atoms with Crippen molar-refractivity contribution in [1.82, 2.24) is 15.2 Å². The minimum Gasteiger partial charge on any atom is -0.271 e.